The van der Waals surface area contributed by atoms with Crippen LogP contribution in [-0.2, 0) is 16.0 Å². The highest BCUT2D eigenvalue weighted by Gasteiger charge is 2.04. The van der Waals surface area contributed by atoms with E-state index in [2.05, 4.69) is 15.3 Å². The van der Waals surface area contributed by atoms with Gasteiger partial charge in [0.15, 0.2) is 0 Å². The van der Waals surface area contributed by atoms with Crippen LogP contribution in [-0.4, -0.2) is 18.4 Å². The Balaban J connectivity index is 2.37. The van der Waals surface area contributed by atoms with Gasteiger partial charge in [-0.15, -0.1) is 0 Å². The molecule has 0 radical (unpaired) electrons. The van der Waals surface area contributed by atoms with Crippen molar-refractivity contribution < 1.29 is 9.59 Å². The van der Waals surface area contributed by atoms with Crippen molar-refractivity contribution in [1.29, 1.82) is 0 Å². The number of hydrogen-bond acceptors (Lipinski definition) is 2. The number of nitrogens with zero attached hydrogens (tertiary/aromatic N) is 3. The van der Waals surface area contributed by atoms with Crippen molar-refractivity contribution in [2.75, 3.05) is 6.54 Å². The Kier molecular flexibility index (Phi) is 4.56. The van der Waals surface area contributed by atoms with Gasteiger partial charge in [-0.05, 0) is 16.2 Å². The van der Waals surface area contributed by atoms with Gasteiger partial charge in [-0.3, -0.25) is 9.59 Å². The van der Waals surface area contributed by atoms with Gasteiger partial charge >= 0.3 is 0 Å². The molecule has 16 heavy (non-hydrogen) atoms. The van der Waals surface area contributed by atoms with E-state index in [0.717, 1.165) is 5.56 Å². The maximum absolute atomic E-state index is 11.3. The summed E-state index contributed by atoms with van der Waals surface area (Å²) in [6, 6.07) is 9.14. The van der Waals surface area contributed by atoms with E-state index in [1.807, 2.05) is 30.3 Å². The molecule has 0 fully saturated rings. The molecule has 0 atom stereocenters. The summed E-state index contributed by atoms with van der Waals surface area (Å²) in [7, 11) is 0. The van der Waals surface area contributed by atoms with Crippen LogP contribution in [0.2, 0.25) is 0 Å². The summed E-state index contributed by atoms with van der Waals surface area (Å²) < 4.78 is 0. The Labute approximate surface area is 91.9 Å². The second-order valence-corrected chi connectivity index (χ2v) is 3.02. The van der Waals surface area contributed by atoms with Crippen LogP contribution < -0.4 is 5.32 Å². The van der Waals surface area contributed by atoms with Crippen molar-refractivity contribution in [3.05, 3.63) is 46.3 Å². The first-order chi connectivity index (χ1) is 7.72. The molecule has 0 aliphatic rings. The lowest BCUT2D eigenvalue weighted by Gasteiger charge is -2.02. The first-order valence-corrected chi connectivity index (χ1v) is 4.61. The number of rotatable bonds is 4. The van der Waals surface area contributed by atoms with Gasteiger partial charge in [0, 0.05) is 4.91 Å². The number of nitrogens with one attached hydrogen (secondary N) is 1. The normalized spacial score (nSPS) is 9.00. The van der Waals surface area contributed by atoms with Crippen molar-refractivity contribution in [2.45, 2.75) is 6.42 Å². The van der Waals surface area contributed by atoms with Crippen LogP contribution >= 0.6 is 0 Å². The Hall–Kier alpha value is -2.33. The Bertz CT molecular complexity index is 424. The summed E-state index contributed by atoms with van der Waals surface area (Å²) in [5.74, 6) is -0.989. The van der Waals surface area contributed by atoms with Gasteiger partial charge in [0.25, 0.3) is 0 Å². The van der Waals surface area contributed by atoms with E-state index >= 15 is 0 Å². The zero-order valence-electron chi connectivity index (χ0n) is 8.46. The van der Waals surface area contributed by atoms with Crippen LogP contribution in [0.4, 0.5) is 0 Å². The predicted molar refractivity (Wildman–Crippen MR) is 57.3 cm³/mol. The lowest BCUT2D eigenvalue weighted by Crippen LogP contribution is -2.29. The third-order valence-corrected chi connectivity index (χ3v) is 1.80. The zero-order valence-corrected chi connectivity index (χ0v) is 8.46. The van der Waals surface area contributed by atoms with E-state index in [-0.39, 0.29) is 18.9 Å². The maximum Gasteiger partial charge on any atom is 0.237 e. The van der Waals surface area contributed by atoms with E-state index in [9.17, 15) is 9.59 Å². The van der Waals surface area contributed by atoms with E-state index in [0.29, 0.717) is 0 Å². The molecule has 0 saturated heterocycles. The van der Waals surface area contributed by atoms with E-state index in [1.165, 1.54) is 0 Å². The van der Waals surface area contributed by atoms with Gasteiger partial charge in [0.2, 0.25) is 11.8 Å². The molecule has 82 valence electrons. The highest BCUT2D eigenvalue weighted by atomic mass is 16.2. The standard InChI is InChI=1S/C10H10N4O2/c11-14-13-10(16)7-12-9(15)6-8-4-2-1-3-5-8/h1-5H,6-7H2,(H,12,15). The number of carbonyl (C=O) groups is 2. The summed E-state index contributed by atoms with van der Waals surface area (Å²) in [4.78, 5) is 24.4. The molecule has 0 aliphatic carbocycles. The third-order valence-electron chi connectivity index (χ3n) is 1.80. The minimum atomic E-state index is -0.705. The molecule has 0 bridgehead atoms. The molecule has 0 spiro atoms. The highest BCUT2D eigenvalue weighted by molar-refractivity contribution is 5.85. The molecular formula is C10H10N4O2. The molecule has 2 amide bonds. The fraction of sp³-hybridized carbons (Fsp3) is 0.200. The highest BCUT2D eigenvalue weighted by Crippen LogP contribution is 1.98. The van der Waals surface area contributed by atoms with Crippen LogP contribution in [0.3, 0.4) is 0 Å². The monoisotopic (exact) mass is 218 g/mol. The third kappa shape index (κ3) is 4.26. The van der Waals surface area contributed by atoms with Gasteiger partial charge in [0.1, 0.15) is 0 Å². The molecule has 1 N–H and O–H groups in total. The number of carbonyl (C=O) groups excluding carboxylic acids is 2. The van der Waals surface area contributed by atoms with E-state index < -0.39 is 5.91 Å². The van der Waals surface area contributed by atoms with Crippen LogP contribution in [0, 0.1) is 0 Å². The van der Waals surface area contributed by atoms with Gasteiger partial charge in [0.05, 0.1) is 13.0 Å². The van der Waals surface area contributed by atoms with Crippen molar-refractivity contribution in [1.82, 2.24) is 5.32 Å². The molecule has 6 nitrogen and oxygen atoms in total. The quantitative estimate of drug-likeness (QED) is 0.466. The van der Waals surface area contributed by atoms with Gasteiger partial charge in [-0.25, -0.2) is 0 Å². The molecule has 0 saturated carbocycles. The van der Waals surface area contributed by atoms with Crippen molar-refractivity contribution in [3.8, 4) is 0 Å². The topological polar surface area (TPSA) is 94.9 Å². The lowest BCUT2D eigenvalue weighted by molar-refractivity contribution is -0.124. The number of benzene rings is 1. The van der Waals surface area contributed by atoms with Crippen molar-refractivity contribution >= 4 is 11.8 Å². The Morgan fingerprint density at radius 3 is 2.62 bits per heavy atom. The molecule has 1 aromatic rings. The largest absolute Gasteiger partial charge is 0.349 e. The average molecular weight is 218 g/mol. The maximum atomic E-state index is 11.3. The number of amides is 2. The van der Waals surface area contributed by atoms with Crippen LogP contribution in [0.5, 0.6) is 0 Å². The molecule has 1 aromatic carbocycles. The van der Waals surface area contributed by atoms with Crippen LogP contribution in [0.1, 0.15) is 5.56 Å². The van der Waals surface area contributed by atoms with E-state index in [1.54, 1.807) is 0 Å². The minimum absolute atomic E-state index is 0.199. The smallest absolute Gasteiger partial charge is 0.237 e. The second kappa shape index (κ2) is 6.21. The fourth-order valence-corrected chi connectivity index (χ4v) is 1.10. The molecular weight excluding hydrogens is 208 g/mol. The Morgan fingerprint density at radius 1 is 1.31 bits per heavy atom. The fourth-order valence-electron chi connectivity index (χ4n) is 1.10. The molecule has 6 heteroatoms. The summed E-state index contributed by atoms with van der Waals surface area (Å²) in [6.07, 6.45) is 0.199. The summed E-state index contributed by atoms with van der Waals surface area (Å²) in [6.45, 7) is -0.268. The Morgan fingerprint density at radius 2 is 2.00 bits per heavy atom. The van der Waals surface area contributed by atoms with Crippen LogP contribution in [0.25, 0.3) is 10.4 Å². The summed E-state index contributed by atoms with van der Waals surface area (Å²) in [5.41, 5.74) is 8.82. The second-order valence-electron chi connectivity index (χ2n) is 3.02. The first kappa shape index (κ1) is 11.7. The number of azide groups is 1. The molecule has 0 aromatic heterocycles. The summed E-state index contributed by atoms with van der Waals surface area (Å²) in [5, 5.41) is 5.19. The molecule has 0 aliphatic heterocycles. The lowest BCUT2D eigenvalue weighted by atomic mass is 10.1. The van der Waals surface area contributed by atoms with Gasteiger partial charge in [-0.2, -0.15) is 0 Å². The molecule has 0 heterocycles. The predicted octanol–water partition coefficient (Wildman–Crippen LogP) is 1.18. The first-order valence-electron chi connectivity index (χ1n) is 4.61. The summed E-state index contributed by atoms with van der Waals surface area (Å²) >= 11 is 0. The average Bonchev–Trinajstić information content (AvgIpc) is 2.28. The van der Waals surface area contributed by atoms with Crippen molar-refractivity contribution in [2.24, 2.45) is 5.11 Å². The zero-order chi connectivity index (χ0) is 11.8. The van der Waals surface area contributed by atoms with E-state index in [4.69, 9.17) is 5.53 Å². The minimum Gasteiger partial charge on any atom is -0.349 e. The molecule has 0 unspecified atom stereocenters. The molecule has 1 rings (SSSR count). The number of hydrogen-bond donors (Lipinski definition) is 1. The van der Waals surface area contributed by atoms with Gasteiger partial charge in [-0.1, -0.05) is 30.3 Å². The van der Waals surface area contributed by atoms with Gasteiger partial charge < -0.3 is 5.32 Å². The van der Waals surface area contributed by atoms with Crippen molar-refractivity contribution in [3.63, 3.8) is 0 Å². The SMILES string of the molecule is [N-]=[N+]=NC(=O)CNC(=O)Cc1ccccc1. The van der Waals surface area contributed by atoms with Crippen LogP contribution in [0.15, 0.2) is 35.4 Å².